The molecule has 1 fully saturated rings. The minimum Gasteiger partial charge on any atom is -0.133 e. The summed E-state index contributed by atoms with van der Waals surface area (Å²) in [6.45, 7) is 5.80. The highest BCUT2D eigenvalue weighted by atomic mass is 14.4. The summed E-state index contributed by atoms with van der Waals surface area (Å²) in [5.74, 6) is 2.00. The zero-order valence-corrected chi connectivity index (χ0v) is 6.06. The molecule has 1 saturated carbocycles. The maximum Gasteiger partial charge on any atom is -0.0243 e. The van der Waals surface area contributed by atoms with Crippen molar-refractivity contribution in [1.82, 2.24) is 0 Å². The quantitative estimate of drug-likeness (QED) is 0.505. The standard InChI is InChI=1S/C9H14/c1-3-5-6-9-7-8(9)4-2/h5,8-9H,1,4,6-7H2,2H3. The van der Waals surface area contributed by atoms with Crippen LogP contribution >= 0.6 is 0 Å². The van der Waals surface area contributed by atoms with Gasteiger partial charge in [-0.3, -0.25) is 0 Å². The molecule has 0 nitrogen and oxygen atoms in total. The molecule has 0 radical (unpaired) electrons. The Kier molecular flexibility index (Phi) is 2.13. The number of allylic oxidation sites excluding steroid dienone is 1. The first-order valence-corrected chi connectivity index (χ1v) is 3.72. The van der Waals surface area contributed by atoms with Gasteiger partial charge in [-0.15, -0.1) is 5.73 Å². The molecule has 0 aromatic carbocycles. The van der Waals surface area contributed by atoms with Gasteiger partial charge >= 0.3 is 0 Å². The van der Waals surface area contributed by atoms with Crippen LogP contribution in [0.5, 0.6) is 0 Å². The molecule has 0 bridgehead atoms. The lowest BCUT2D eigenvalue weighted by Crippen LogP contribution is -1.76. The van der Waals surface area contributed by atoms with Gasteiger partial charge in [-0.25, -0.2) is 0 Å². The van der Waals surface area contributed by atoms with Crippen molar-refractivity contribution in [2.45, 2.75) is 26.2 Å². The number of rotatable bonds is 3. The SMILES string of the molecule is C=C=CCC1CC1CC. The van der Waals surface area contributed by atoms with E-state index in [1.54, 1.807) is 0 Å². The summed E-state index contributed by atoms with van der Waals surface area (Å²) in [6, 6.07) is 0. The van der Waals surface area contributed by atoms with Gasteiger partial charge in [0, 0.05) is 0 Å². The Hall–Kier alpha value is -0.480. The lowest BCUT2D eigenvalue weighted by atomic mass is 10.2. The molecule has 1 rings (SSSR count). The lowest BCUT2D eigenvalue weighted by Gasteiger charge is -1.86. The first kappa shape index (κ1) is 6.64. The summed E-state index contributed by atoms with van der Waals surface area (Å²) >= 11 is 0. The molecule has 0 heterocycles. The van der Waals surface area contributed by atoms with Gasteiger partial charge in [0.05, 0.1) is 0 Å². The van der Waals surface area contributed by atoms with Gasteiger partial charge < -0.3 is 0 Å². The molecular formula is C9H14. The van der Waals surface area contributed by atoms with Crippen molar-refractivity contribution in [3.63, 3.8) is 0 Å². The first-order chi connectivity index (χ1) is 4.38. The highest BCUT2D eigenvalue weighted by molar-refractivity contribution is 4.91. The Morgan fingerprint density at radius 1 is 1.67 bits per heavy atom. The maximum atomic E-state index is 3.53. The van der Waals surface area contributed by atoms with E-state index in [4.69, 9.17) is 0 Å². The second-order valence-electron chi connectivity index (χ2n) is 2.81. The van der Waals surface area contributed by atoms with Gasteiger partial charge in [0.2, 0.25) is 0 Å². The van der Waals surface area contributed by atoms with Crippen LogP contribution in [0.4, 0.5) is 0 Å². The molecule has 0 aromatic rings. The molecule has 9 heavy (non-hydrogen) atoms. The molecule has 0 aromatic heterocycles. The van der Waals surface area contributed by atoms with Crippen LogP contribution < -0.4 is 0 Å². The minimum absolute atomic E-state index is 0.976. The van der Waals surface area contributed by atoms with E-state index >= 15 is 0 Å². The molecule has 1 aliphatic rings. The molecule has 50 valence electrons. The van der Waals surface area contributed by atoms with Crippen LogP contribution in [0.25, 0.3) is 0 Å². The van der Waals surface area contributed by atoms with E-state index in [1.165, 1.54) is 19.3 Å². The van der Waals surface area contributed by atoms with Crippen molar-refractivity contribution < 1.29 is 0 Å². The molecule has 1 aliphatic carbocycles. The third-order valence-electron chi connectivity index (χ3n) is 2.16. The fraction of sp³-hybridized carbons (Fsp3) is 0.667. The molecule has 0 heteroatoms. The van der Waals surface area contributed by atoms with Crippen LogP contribution in [0, 0.1) is 11.8 Å². The van der Waals surface area contributed by atoms with Crippen LogP contribution in [0.1, 0.15) is 26.2 Å². The average molecular weight is 122 g/mol. The van der Waals surface area contributed by atoms with Gasteiger partial charge in [0.15, 0.2) is 0 Å². The Labute approximate surface area is 57.3 Å². The second kappa shape index (κ2) is 2.89. The predicted octanol–water partition coefficient (Wildman–Crippen LogP) is 2.76. The van der Waals surface area contributed by atoms with E-state index in [1.807, 2.05) is 0 Å². The summed E-state index contributed by atoms with van der Waals surface area (Å²) in [4.78, 5) is 0. The Bertz CT molecular complexity index is 129. The van der Waals surface area contributed by atoms with Crippen molar-refractivity contribution in [3.8, 4) is 0 Å². The molecule has 2 atom stereocenters. The van der Waals surface area contributed by atoms with Crippen LogP contribution in [-0.4, -0.2) is 0 Å². The fourth-order valence-electron chi connectivity index (χ4n) is 1.33. The molecule has 0 saturated heterocycles. The zero-order chi connectivity index (χ0) is 6.69. The van der Waals surface area contributed by atoms with Crippen molar-refractivity contribution >= 4 is 0 Å². The van der Waals surface area contributed by atoms with Crippen molar-refractivity contribution in [1.29, 1.82) is 0 Å². The van der Waals surface area contributed by atoms with Gasteiger partial charge in [0.25, 0.3) is 0 Å². The summed E-state index contributed by atoms with van der Waals surface area (Å²) in [6.07, 6.45) is 6.06. The third-order valence-corrected chi connectivity index (χ3v) is 2.16. The largest absolute Gasteiger partial charge is 0.133 e. The predicted molar refractivity (Wildman–Crippen MR) is 40.2 cm³/mol. The zero-order valence-electron chi connectivity index (χ0n) is 6.06. The molecule has 0 N–H and O–H groups in total. The lowest BCUT2D eigenvalue weighted by molar-refractivity contribution is 0.688. The van der Waals surface area contributed by atoms with Crippen LogP contribution in [0.2, 0.25) is 0 Å². The Morgan fingerprint density at radius 3 is 2.89 bits per heavy atom. The molecule has 0 spiro atoms. The first-order valence-electron chi connectivity index (χ1n) is 3.72. The van der Waals surface area contributed by atoms with Crippen LogP contribution in [0.15, 0.2) is 18.4 Å². The monoisotopic (exact) mass is 122 g/mol. The van der Waals surface area contributed by atoms with Crippen LogP contribution in [-0.2, 0) is 0 Å². The third kappa shape index (κ3) is 1.73. The van der Waals surface area contributed by atoms with Crippen molar-refractivity contribution in [3.05, 3.63) is 18.4 Å². The summed E-state index contributed by atoms with van der Waals surface area (Å²) in [5, 5.41) is 0. The number of hydrogen-bond donors (Lipinski definition) is 0. The highest BCUT2D eigenvalue weighted by Crippen LogP contribution is 2.43. The summed E-state index contributed by atoms with van der Waals surface area (Å²) in [5.41, 5.74) is 2.81. The molecular weight excluding hydrogens is 108 g/mol. The van der Waals surface area contributed by atoms with Crippen molar-refractivity contribution in [2.24, 2.45) is 11.8 Å². The van der Waals surface area contributed by atoms with E-state index in [9.17, 15) is 0 Å². The van der Waals surface area contributed by atoms with E-state index in [0.717, 1.165) is 11.8 Å². The molecule has 2 unspecified atom stereocenters. The van der Waals surface area contributed by atoms with E-state index in [0.29, 0.717) is 0 Å². The Morgan fingerprint density at radius 2 is 2.44 bits per heavy atom. The van der Waals surface area contributed by atoms with Crippen LogP contribution in [0.3, 0.4) is 0 Å². The van der Waals surface area contributed by atoms with Gasteiger partial charge in [-0.2, -0.15) is 0 Å². The summed E-state index contributed by atoms with van der Waals surface area (Å²) in [7, 11) is 0. The molecule has 0 amide bonds. The number of hydrogen-bond acceptors (Lipinski definition) is 0. The van der Waals surface area contributed by atoms with E-state index < -0.39 is 0 Å². The highest BCUT2D eigenvalue weighted by Gasteiger charge is 2.33. The normalized spacial score (nSPS) is 31.2. The topological polar surface area (TPSA) is 0 Å². The summed E-state index contributed by atoms with van der Waals surface area (Å²) < 4.78 is 0. The van der Waals surface area contributed by atoms with E-state index in [-0.39, 0.29) is 0 Å². The minimum atomic E-state index is 0.976. The van der Waals surface area contributed by atoms with Crippen molar-refractivity contribution in [2.75, 3.05) is 0 Å². The Balaban J connectivity index is 2.12. The van der Waals surface area contributed by atoms with Gasteiger partial charge in [0.1, 0.15) is 0 Å². The maximum absolute atomic E-state index is 3.53. The smallest absolute Gasteiger partial charge is 0.0243 e. The van der Waals surface area contributed by atoms with E-state index in [2.05, 4.69) is 25.3 Å². The second-order valence-corrected chi connectivity index (χ2v) is 2.81. The van der Waals surface area contributed by atoms with Gasteiger partial charge in [-0.05, 0) is 30.8 Å². The van der Waals surface area contributed by atoms with Gasteiger partial charge in [-0.1, -0.05) is 19.9 Å². The fourth-order valence-corrected chi connectivity index (χ4v) is 1.33. The molecule has 0 aliphatic heterocycles. The average Bonchev–Trinajstić information content (AvgIpc) is 2.62.